The van der Waals surface area contributed by atoms with E-state index in [0.717, 1.165) is 38.9 Å². The van der Waals surface area contributed by atoms with Gasteiger partial charge in [0.2, 0.25) is 5.95 Å². The predicted molar refractivity (Wildman–Crippen MR) is 110 cm³/mol. The topological polar surface area (TPSA) is 77.3 Å². The molecule has 4 heterocycles. The van der Waals surface area contributed by atoms with Crippen molar-refractivity contribution in [1.29, 1.82) is 0 Å². The van der Waals surface area contributed by atoms with Gasteiger partial charge in [0, 0.05) is 30.5 Å². The number of rotatable bonds is 7. The van der Waals surface area contributed by atoms with Crippen molar-refractivity contribution in [2.24, 2.45) is 0 Å². The molecule has 31 heavy (non-hydrogen) atoms. The second kappa shape index (κ2) is 9.04. The molecule has 0 amide bonds. The maximum absolute atomic E-state index is 12.7. The Morgan fingerprint density at radius 2 is 1.65 bits per heavy atom. The normalized spacial score (nSPS) is 28.7. The maximum Gasteiger partial charge on any atom is 0.272 e. The van der Waals surface area contributed by atoms with Crippen LogP contribution in [0, 0.1) is 0 Å². The summed E-state index contributed by atoms with van der Waals surface area (Å²) in [6.45, 7) is 1.02. The third kappa shape index (κ3) is 4.50. The van der Waals surface area contributed by atoms with Gasteiger partial charge in [0.15, 0.2) is 6.61 Å². The number of fused-ring (bicyclic) bond motifs is 2. The van der Waals surface area contributed by atoms with Gasteiger partial charge in [0.1, 0.15) is 5.69 Å². The maximum atomic E-state index is 12.7. The lowest BCUT2D eigenvalue weighted by molar-refractivity contribution is -0.0458. The van der Waals surface area contributed by atoms with Gasteiger partial charge in [-0.2, -0.15) is 0 Å². The molecule has 2 aromatic heterocycles. The van der Waals surface area contributed by atoms with E-state index < -0.39 is 13.0 Å². The highest BCUT2D eigenvalue weighted by Crippen LogP contribution is 2.39. The summed E-state index contributed by atoms with van der Waals surface area (Å²) in [5.41, 5.74) is 0.500. The van der Waals surface area contributed by atoms with Crippen LogP contribution < -0.4 is 10.1 Å². The number of hydrogen-bond acceptors (Lipinski definition) is 7. The fourth-order valence-electron chi connectivity index (χ4n) is 5.26. The molecule has 1 aliphatic carbocycles. The Morgan fingerprint density at radius 3 is 2.32 bits per heavy atom. The first-order chi connectivity index (χ1) is 15.2. The van der Waals surface area contributed by atoms with Crippen LogP contribution >= 0.6 is 0 Å². The van der Waals surface area contributed by atoms with Gasteiger partial charge in [-0.05, 0) is 44.6 Å². The molecule has 2 atom stereocenters. The number of halogens is 2. The average molecular weight is 434 g/mol. The molecule has 0 radical (unpaired) electrons. The zero-order chi connectivity index (χ0) is 21.2. The van der Waals surface area contributed by atoms with E-state index in [4.69, 9.17) is 9.47 Å². The molecule has 2 aromatic rings. The SMILES string of the molecule is FC(F)COc1nn([C@H]2CC[C@H](N3[C@@H]4CC[C@H]3COC4)CC2)cc1Nc1ncccn1. The second-order valence-corrected chi connectivity index (χ2v) is 8.56. The van der Waals surface area contributed by atoms with Crippen molar-refractivity contribution in [1.82, 2.24) is 24.6 Å². The van der Waals surface area contributed by atoms with Crippen molar-refractivity contribution in [2.45, 2.75) is 69.1 Å². The standard InChI is InChI=1S/C21H28F2N6O2/c22-19(23)13-31-20-18(26-21-24-8-1-9-25-21)10-28(27-20)14-2-4-15(5-3-14)29-16-6-7-17(29)12-30-11-16/h1,8-10,14-17,19H,2-7,11-13H2,(H,24,25,26)/t14-,15-,16-,17+. The Kier molecular flexibility index (Phi) is 5.99. The van der Waals surface area contributed by atoms with Crippen molar-refractivity contribution < 1.29 is 18.3 Å². The Hall–Kier alpha value is -2.33. The summed E-state index contributed by atoms with van der Waals surface area (Å²) in [6.07, 6.45) is 9.17. The Balaban J connectivity index is 1.27. The largest absolute Gasteiger partial charge is 0.469 e. The lowest BCUT2D eigenvalue weighted by atomic mass is 9.89. The summed E-state index contributed by atoms with van der Waals surface area (Å²) in [7, 11) is 0. The molecular weight excluding hydrogens is 406 g/mol. The summed E-state index contributed by atoms with van der Waals surface area (Å²) in [5.74, 6) is 0.525. The molecule has 0 unspecified atom stereocenters. The number of morpholine rings is 1. The molecule has 3 aliphatic rings. The van der Waals surface area contributed by atoms with Crippen LogP contribution in [-0.4, -0.2) is 69.0 Å². The van der Waals surface area contributed by atoms with Crippen molar-refractivity contribution in [3.05, 3.63) is 24.7 Å². The third-order valence-electron chi connectivity index (χ3n) is 6.62. The molecule has 5 rings (SSSR count). The smallest absolute Gasteiger partial charge is 0.272 e. The van der Waals surface area contributed by atoms with Gasteiger partial charge in [-0.1, -0.05) is 0 Å². The molecule has 1 saturated carbocycles. The van der Waals surface area contributed by atoms with E-state index in [1.165, 1.54) is 12.8 Å². The van der Waals surface area contributed by atoms with Crippen LogP contribution in [-0.2, 0) is 4.74 Å². The highest BCUT2D eigenvalue weighted by molar-refractivity contribution is 5.58. The summed E-state index contributed by atoms with van der Waals surface area (Å²) in [5, 5.41) is 7.53. The molecule has 168 valence electrons. The fourth-order valence-corrected chi connectivity index (χ4v) is 5.26. The van der Waals surface area contributed by atoms with Gasteiger partial charge in [0.05, 0.1) is 25.5 Å². The first-order valence-corrected chi connectivity index (χ1v) is 11.1. The molecular formula is C21H28F2N6O2. The van der Waals surface area contributed by atoms with Crippen molar-refractivity contribution in [3.63, 3.8) is 0 Å². The van der Waals surface area contributed by atoms with E-state index in [-0.39, 0.29) is 11.9 Å². The molecule has 0 aromatic carbocycles. The van der Waals surface area contributed by atoms with E-state index in [9.17, 15) is 8.78 Å². The number of alkyl halides is 2. The molecule has 10 heteroatoms. The minimum atomic E-state index is -2.56. The second-order valence-electron chi connectivity index (χ2n) is 8.56. The number of anilines is 2. The van der Waals surface area contributed by atoms with Crippen LogP contribution in [0.25, 0.3) is 0 Å². The summed E-state index contributed by atoms with van der Waals surface area (Å²) >= 11 is 0. The Bertz CT molecular complexity index is 843. The predicted octanol–water partition coefficient (Wildman–Crippen LogP) is 3.41. The Morgan fingerprint density at radius 1 is 1.00 bits per heavy atom. The van der Waals surface area contributed by atoms with E-state index >= 15 is 0 Å². The monoisotopic (exact) mass is 434 g/mol. The fraction of sp³-hybridized carbons (Fsp3) is 0.667. The van der Waals surface area contributed by atoms with Crippen LogP contribution in [0.3, 0.4) is 0 Å². The molecule has 2 saturated heterocycles. The quantitative estimate of drug-likeness (QED) is 0.716. The zero-order valence-electron chi connectivity index (χ0n) is 17.4. The third-order valence-corrected chi connectivity index (χ3v) is 6.62. The highest BCUT2D eigenvalue weighted by atomic mass is 19.3. The van der Waals surface area contributed by atoms with Gasteiger partial charge in [-0.3, -0.25) is 9.58 Å². The highest BCUT2D eigenvalue weighted by Gasteiger charge is 2.42. The number of aromatic nitrogens is 4. The summed E-state index contributed by atoms with van der Waals surface area (Å²) < 4.78 is 38.3. The molecule has 8 nitrogen and oxygen atoms in total. The number of ether oxygens (including phenoxy) is 2. The minimum absolute atomic E-state index is 0.154. The van der Waals surface area contributed by atoms with Crippen LogP contribution in [0.5, 0.6) is 5.88 Å². The van der Waals surface area contributed by atoms with Gasteiger partial charge in [-0.15, -0.1) is 5.10 Å². The van der Waals surface area contributed by atoms with Gasteiger partial charge >= 0.3 is 0 Å². The zero-order valence-corrected chi connectivity index (χ0v) is 17.4. The minimum Gasteiger partial charge on any atom is -0.469 e. The number of nitrogens with one attached hydrogen (secondary N) is 1. The van der Waals surface area contributed by atoms with E-state index in [0.29, 0.717) is 29.8 Å². The molecule has 2 bridgehead atoms. The first-order valence-electron chi connectivity index (χ1n) is 11.1. The Labute approximate surface area is 179 Å². The van der Waals surface area contributed by atoms with E-state index in [1.807, 2.05) is 10.9 Å². The van der Waals surface area contributed by atoms with Crippen LogP contribution in [0.4, 0.5) is 20.4 Å². The summed E-state index contributed by atoms with van der Waals surface area (Å²) in [6, 6.07) is 3.67. The molecule has 2 aliphatic heterocycles. The summed E-state index contributed by atoms with van der Waals surface area (Å²) in [4.78, 5) is 11.0. The molecule has 1 N–H and O–H groups in total. The van der Waals surface area contributed by atoms with Crippen molar-refractivity contribution in [2.75, 3.05) is 25.1 Å². The van der Waals surface area contributed by atoms with Gasteiger partial charge in [0.25, 0.3) is 12.3 Å². The van der Waals surface area contributed by atoms with Crippen molar-refractivity contribution >= 4 is 11.6 Å². The van der Waals surface area contributed by atoms with Gasteiger partial charge in [-0.25, -0.2) is 18.7 Å². The van der Waals surface area contributed by atoms with Crippen LogP contribution in [0.2, 0.25) is 0 Å². The first kappa shape index (κ1) is 20.6. The average Bonchev–Trinajstić information content (AvgIpc) is 3.30. The van der Waals surface area contributed by atoms with E-state index in [2.05, 4.69) is 25.3 Å². The molecule has 3 fully saturated rings. The van der Waals surface area contributed by atoms with Crippen LogP contribution in [0.1, 0.15) is 44.6 Å². The van der Waals surface area contributed by atoms with Crippen molar-refractivity contribution in [3.8, 4) is 5.88 Å². The molecule has 0 spiro atoms. The number of hydrogen-bond donors (Lipinski definition) is 1. The number of nitrogens with zero attached hydrogens (tertiary/aromatic N) is 5. The van der Waals surface area contributed by atoms with Gasteiger partial charge < -0.3 is 14.8 Å². The lowest BCUT2D eigenvalue weighted by Gasteiger charge is -2.43. The van der Waals surface area contributed by atoms with Crippen LogP contribution in [0.15, 0.2) is 24.7 Å². The lowest BCUT2D eigenvalue weighted by Crippen LogP contribution is -2.52. The van der Waals surface area contributed by atoms with E-state index in [1.54, 1.807) is 18.5 Å².